The largest absolute Gasteiger partial charge is 0.420 e. The van der Waals surface area contributed by atoms with E-state index in [1.165, 1.54) is 12.8 Å². The number of likely N-dealkylation sites (tertiary alicyclic amines) is 1. The van der Waals surface area contributed by atoms with E-state index in [0.717, 1.165) is 91.1 Å². The monoisotopic (exact) mass is 1140 g/mol. The molecule has 412 valence electrons. The summed E-state index contributed by atoms with van der Waals surface area (Å²) < 4.78 is 10.9. The second kappa shape index (κ2) is 26.7. The van der Waals surface area contributed by atoms with E-state index in [-0.39, 0.29) is 44.8 Å². The molecular formula is C51H69Cl5N16O4. The molecule has 5 N–H and O–H groups in total. The maximum absolute atomic E-state index is 12.9. The number of nitrogens with zero attached hydrogens (tertiary/aromatic N) is 13. The lowest BCUT2D eigenvalue weighted by atomic mass is 9.97. The van der Waals surface area contributed by atoms with Gasteiger partial charge in [0.15, 0.2) is 45.0 Å². The minimum atomic E-state index is -0.461. The number of halogens is 5. The molecule has 4 aromatic heterocycles. The first-order chi connectivity index (χ1) is 36.1. The van der Waals surface area contributed by atoms with Crippen LogP contribution in [-0.2, 0) is 0 Å². The summed E-state index contributed by atoms with van der Waals surface area (Å²) in [5, 5.41) is 20.4. The topological polar surface area (TPSA) is 244 Å². The Labute approximate surface area is 471 Å². The fraction of sp³-hybridized carbons (Fsp3) is 0.490. The van der Waals surface area contributed by atoms with Crippen LogP contribution < -0.4 is 26.6 Å². The molecule has 25 heteroatoms. The molecule has 0 radical (unpaired) electrons. The molecule has 0 unspecified atom stereocenters. The van der Waals surface area contributed by atoms with Gasteiger partial charge in [0, 0.05) is 114 Å². The molecule has 20 nitrogen and oxygen atoms in total. The van der Waals surface area contributed by atoms with Gasteiger partial charge in [0.1, 0.15) is 0 Å². The summed E-state index contributed by atoms with van der Waals surface area (Å²) in [4.78, 5) is 52.9. The summed E-state index contributed by atoms with van der Waals surface area (Å²) in [6, 6.07) is 15.4. The van der Waals surface area contributed by atoms with Gasteiger partial charge in [-0.25, -0.2) is 19.9 Å². The Morgan fingerprint density at radius 1 is 0.618 bits per heavy atom. The van der Waals surface area contributed by atoms with Crippen molar-refractivity contribution in [2.45, 2.75) is 97.8 Å². The first-order valence-electron chi connectivity index (χ1n) is 25.1. The van der Waals surface area contributed by atoms with Crippen molar-refractivity contribution in [1.29, 1.82) is 0 Å². The Bertz CT molecular complexity index is 2890. The number of piperidine rings is 2. The summed E-state index contributed by atoms with van der Waals surface area (Å²) in [7, 11) is 0. The summed E-state index contributed by atoms with van der Waals surface area (Å²) in [5.41, 5.74) is 14.1. The number of rotatable bonds is 10. The number of nitrogen functional groups attached to an aromatic ring is 2. The second-order valence-corrected chi connectivity index (χ2v) is 20.6. The first-order valence-corrected chi connectivity index (χ1v) is 27.0. The van der Waals surface area contributed by atoms with E-state index in [9.17, 15) is 9.59 Å². The maximum Gasteiger partial charge on any atom is 0.270 e. The molecule has 0 saturated carbocycles. The number of aromatic nitrogens is 8. The number of amides is 1. The smallest absolute Gasteiger partial charge is 0.270 e. The van der Waals surface area contributed by atoms with Gasteiger partial charge >= 0.3 is 0 Å². The molecule has 0 bridgehead atoms. The normalized spacial score (nSPS) is 18.8. The fourth-order valence-corrected chi connectivity index (χ4v) is 10.9. The molecule has 2 aromatic carbocycles. The van der Waals surface area contributed by atoms with E-state index in [0.29, 0.717) is 85.3 Å². The number of nitrogens with two attached hydrogens (primary N) is 2. The summed E-state index contributed by atoms with van der Waals surface area (Å²) in [5.74, 6) is 3.01. The number of anilines is 4. The van der Waals surface area contributed by atoms with Crippen LogP contribution in [-0.4, -0.2) is 156 Å². The highest BCUT2D eigenvalue weighted by Gasteiger charge is 2.36. The molecule has 8 heterocycles. The Hall–Kier alpha value is -5.45. The van der Waals surface area contributed by atoms with Gasteiger partial charge in [-0.15, -0.1) is 20.4 Å². The van der Waals surface area contributed by atoms with E-state index in [2.05, 4.69) is 79.1 Å². The Morgan fingerprint density at radius 2 is 1.04 bits per heavy atom. The Balaban J connectivity index is 0.000000241. The van der Waals surface area contributed by atoms with Crippen LogP contribution in [0.3, 0.4) is 0 Å². The van der Waals surface area contributed by atoms with Crippen molar-refractivity contribution in [3.63, 3.8) is 0 Å². The number of aryl methyl sites for hydroxylation is 2. The van der Waals surface area contributed by atoms with Crippen molar-refractivity contribution in [3.05, 3.63) is 91.8 Å². The number of carbonyl (C=O) groups is 2. The second-order valence-electron chi connectivity index (χ2n) is 18.7. The SMILES string of the molecule is C.CC[C@H]1CN(c2nc(N)c(-c3nnc(C)o3)nc2Cl)CCN1C1CCN(C(=O)c2ccc(Cl)cc2)CC1.CC[C@H]1CN(c2nc(N)c(-c3nnc(C)o3)nc2Cl)CCN1C1CCNCC1.O=C(Cl)c1ccc(Cl)cc1.[HH].[HH]. The first kappa shape index (κ1) is 58.2. The number of carbonyl (C=O) groups excluding carboxylic acids is 2. The predicted octanol–water partition coefficient (Wildman–Crippen LogP) is 9.50. The van der Waals surface area contributed by atoms with Gasteiger partial charge < -0.3 is 40.3 Å². The molecule has 4 aliphatic rings. The number of nitrogens with one attached hydrogen (secondary N) is 1. The summed E-state index contributed by atoms with van der Waals surface area (Å²) in [6.45, 7) is 16.7. The number of hydrogen-bond donors (Lipinski definition) is 3. The van der Waals surface area contributed by atoms with E-state index in [1.54, 1.807) is 62.4 Å². The van der Waals surface area contributed by atoms with Crippen LogP contribution >= 0.6 is 58.0 Å². The molecule has 4 aliphatic heterocycles. The molecule has 4 saturated heterocycles. The average molecular weight is 1150 g/mol. The van der Waals surface area contributed by atoms with Crippen LogP contribution in [0.1, 0.15) is 95.1 Å². The molecular weight excluding hydrogens is 1080 g/mol. The molecule has 1 amide bonds. The quantitative estimate of drug-likeness (QED) is 0.108. The van der Waals surface area contributed by atoms with Crippen LogP contribution in [0.4, 0.5) is 23.3 Å². The Morgan fingerprint density at radius 3 is 1.43 bits per heavy atom. The van der Waals surface area contributed by atoms with E-state index in [4.69, 9.17) is 78.3 Å². The zero-order valence-corrected chi connectivity index (χ0v) is 46.0. The third-order valence-corrected chi connectivity index (χ3v) is 15.2. The zero-order chi connectivity index (χ0) is 53.3. The minimum Gasteiger partial charge on any atom is -0.420 e. The molecule has 0 aliphatic carbocycles. The van der Waals surface area contributed by atoms with Crippen molar-refractivity contribution in [1.82, 2.24) is 60.3 Å². The number of benzene rings is 2. The zero-order valence-electron chi connectivity index (χ0n) is 42.2. The lowest BCUT2D eigenvalue weighted by molar-refractivity contribution is 0.0490. The van der Waals surface area contributed by atoms with Gasteiger partial charge in [0.2, 0.25) is 11.8 Å². The van der Waals surface area contributed by atoms with Crippen molar-refractivity contribution < 1.29 is 21.3 Å². The lowest BCUT2D eigenvalue weighted by Gasteiger charge is -2.47. The van der Waals surface area contributed by atoms with Gasteiger partial charge in [-0.2, -0.15) is 0 Å². The van der Waals surface area contributed by atoms with Crippen LogP contribution in [0.15, 0.2) is 57.4 Å². The molecule has 0 spiro atoms. The van der Waals surface area contributed by atoms with Crippen LogP contribution in [0.2, 0.25) is 20.4 Å². The van der Waals surface area contributed by atoms with Gasteiger partial charge in [-0.3, -0.25) is 19.4 Å². The van der Waals surface area contributed by atoms with E-state index < -0.39 is 5.24 Å². The highest BCUT2D eigenvalue weighted by atomic mass is 35.5. The summed E-state index contributed by atoms with van der Waals surface area (Å²) in [6.07, 6.45) is 6.38. The van der Waals surface area contributed by atoms with Gasteiger partial charge in [-0.1, -0.05) is 67.7 Å². The predicted molar refractivity (Wildman–Crippen MR) is 304 cm³/mol. The van der Waals surface area contributed by atoms with Crippen LogP contribution in [0.5, 0.6) is 0 Å². The standard InChI is InChI=1S/C25H30Cl2N8O2.C18H27ClN8O.C7H4Cl2O.CH4.2H2/c1-3-18-14-34(23-21(27)29-20(22(28)30-23)24-32-31-15(2)37-24)12-13-35(18)19-8-10-33(11-9-19)25(36)16-4-6-17(26)7-5-16;1-3-12-10-26(8-9-27(12)13-4-6-21-7-5-13)17-15(19)22-14(16(20)23-17)18-25-24-11(2)28-18;8-6-3-1-5(2-4-6)7(9)10;;;/h4-7,18-19H,3,8-14H2,1-2H3,(H2,28,30);12-13,21H,3-10H2,1-2H3,(H2,20,23);1-4H;1H4;2*1H/t18-;12-;;;;/m00..../s1. The minimum absolute atomic E-state index is 0. The third-order valence-electron chi connectivity index (χ3n) is 13.9. The van der Waals surface area contributed by atoms with Crippen molar-refractivity contribution in [3.8, 4) is 23.2 Å². The van der Waals surface area contributed by atoms with Crippen LogP contribution in [0, 0.1) is 13.8 Å². The third kappa shape index (κ3) is 14.2. The van der Waals surface area contributed by atoms with Gasteiger partial charge in [0.05, 0.1) is 0 Å². The van der Waals surface area contributed by atoms with Gasteiger partial charge in [-0.05, 0) is 112 Å². The average Bonchev–Trinajstić information content (AvgIpc) is 4.08. The Kier molecular flexibility index (Phi) is 20.5. The molecule has 76 heavy (non-hydrogen) atoms. The maximum atomic E-state index is 12.9. The van der Waals surface area contributed by atoms with Crippen molar-refractivity contribution in [2.24, 2.45) is 0 Å². The number of hydrogen-bond acceptors (Lipinski definition) is 19. The molecule has 10 rings (SSSR count). The van der Waals surface area contributed by atoms with Crippen LogP contribution in [0.25, 0.3) is 23.2 Å². The molecule has 2 atom stereocenters. The highest BCUT2D eigenvalue weighted by Crippen LogP contribution is 2.34. The van der Waals surface area contributed by atoms with Crippen molar-refractivity contribution >= 4 is 92.4 Å². The molecule has 6 aromatic rings. The van der Waals surface area contributed by atoms with E-state index >= 15 is 0 Å². The van der Waals surface area contributed by atoms with Crippen molar-refractivity contribution in [2.75, 3.05) is 86.7 Å². The van der Waals surface area contributed by atoms with Gasteiger partial charge in [0.25, 0.3) is 22.9 Å². The molecule has 4 fully saturated rings. The fourth-order valence-electron chi connectivity index (χ4n) is 10.0. The summed E-state index contributed by atoms with van der Waals surface area (Å²) >= 11 is 29.7. The highest BCUT2D eigenvalue weighted by molar-refractivity contribution is 6.67. The number of piperazine rings is 2. The lowest BCUT2D eigenvalue weighted by Crippen LogP contribution is -2.58. The van der Waals surface area contributed by atoms with E-state index in [1.807, 2.05) is 4.90 Å².